The first-order valence-electron chi connectivity index (χ1n) is 5.07. The Morgan fingerprint density at radius 3 is 2.32 bits per heavy atom. The van der Waals surface area contributed by atoms with Gasteiger partial charge in [-0.05, 0) is 18.2 Å². The normalized spacial score (nSPS) is 15.1. The Bertz CT molecular complexity index is 472. The highest BCUT2D eigenvalue weighted by atomic mass is 19.4. The van der Waals surface area contributed by atoms with Gasteiger partial charge in [0.25, 0.3) is 0 Å². The van der Waals surface area contributed by atoms with Gasteiger partial charge < -0.3 is 15.3 Å². The second-order valence-electron chi connectivity index (χ2n) is 3.84. The average Bonchev–Trinajstić information content (AvgIpc) is 2.26. The molecule has 0 bridgehead atoms. The fourth-order valence-corrected chi connectivity index (χ4v) is 1.44. The topological polar surface area (TPSA) is 77.8 Å². The number of hydrogen-bond acceptors (Lipinski definition) is 3. The lowest BCUT2D eigenvalue weighted by Gasteiger charge is -2.18. The van der Waals surface area contributed by atoms with Crippen LogP contribution in [0.25, 0.3) is 0 Å². The minimum atomic E-state index is -4.74. The van der Waals surface area contributed by atoms with Gasteiger partial charge in [-0.1, -0.05) is 0 Å². The van der Waals surface area contributed by atoms with Gasteiger partial charge in [-0.2, -0.15) is 13.2 Å². The third-order valence-electron chi connectivity index (χ3n) is 2.39. The lowest BCUT2D eigenvalue weighted by molar-refractivity contribution is -0.141. The monoisotopic (exact) mass is 282 g/mol. The van der Waals surface area contributed by atoms with E-state index in [1.54, 1.807) is 0 Å². The summed E-state index contributed by atoms with van der Waals surface area (Å²) >= 11 is 0. The Labute approximate surface area is 104 Å². The number of aliphatic hydroxyl groups excluding tert-OH is 2. The SMILES string of the molecule is O=C(O)CC(O)C(O)c1cc(C(F)(F)F)ccc1F. The van der Waals surface area contributed by atoms with E-state index in [9.17, 15) is 32.6 Å². The van der Waals surface area contributed by atoms with Crippen LogP contribution >= 0.6 is 0 Å². The molecule has 1 rings (SSSR count). The summed E-state index contributed by atoms with van der Waals surface area (Å²) in [7, 11) is 0. The number of carboxylic acids is 1. The zero-order chi connectivity index (χ0) is 14.8. The smallest absolute Gasteiger partial charge is 0.416 e. The van der Waals surface area contributed by atoms with E-state index in [1.165, 1.54) is 0 Å². The van der Waals surface area contributed by atoms with Crippen LogP contribution in [0.3, 0.4) is 0 Å². The number of aliphatic carboxylic acids is 1. The van der Waals surface area contributed by atoms with Crippen LogP contribution in [0, 0.1) is 5.82 Å². The molecule has 2 unspecified atom stereocenters. The van der Waals surface area contributed by atoms with E-state index in [4.69, 9.17) is 5.11 Å². The van der Waals surface area contributed by atoms with Gasteiger partial charge in [0.1, 0.15) is 11.9 Å². The molecule has 1 aromatic carbocycles. The lowest BCUT2D eigenvalue weighted by atomic mass is 9.99. The van der Waals surface area contributed by atoms with E-state index in [0.29, 0.717) is 18.2 Å². The fourth-order valence-electron chi connectivity index (χ4n) is 1.44. The molecule has 0 aliphatic rings. The molecule has 1 aromatic rings. The van der Waals surface area contributed by atoms with E-state index in [2.05, 4.69) is 0 Å². The number of aliphatic hydroxyl groups is 2. The highest BCUT2D eigenvalue weighted by Gasteiger charge is 2.33. The van der Waals surface area contributed by atoms with Crippen LogP contribution in [0.1, 0.15) is 23.7 Å². The summed E-state index contributed by atoms with van der Waals surface area (Å²) in [6, 6.07) is 1.31. The Kier molecular flexibility index (Phi) is 4.48. The summed E-state index contributed by atoms with van der Waals surface area (Å²) in [5, 5.41) is 27.2. The molecule has 0 spiro atoms. The summed E-state index contributed by atoms with van der Waals surface area (Å²) in [6.45, 7) is 0. The van der Waals surface area contributed by atoms with Gasteiger partial charge in [0.2, 0.25) is 0 Å². The zero-order valence-electron chi connectivity index (χ0n) is 9.36. The molecular weight excluding hydrogens is 272 g/mol. The first-order chi connectivity index (χ1) is 8.62. The maximum Gasteiger partial charge on any atom is 0.416 e. The number of benzene rings is 1. The molecule has 3 N–H and O–H groups in total. The number of rotatable bonds is 4. The van der Waals surface area contributed by atoms with Crippen molar-refractivity contribution in [3.63, 3.8) is 0 Å². The zero-order valence-corrected chi connectivity index (χ0v) is 9.36. The third-order valence-corrected chi connectivity index (χ3v) is 2.39. The predicted octanol–water partition coefficient (Wildman–Crippen LogP) is 1.71. The Hall–Kier alpha value is -1.67. The highest BCUT2D eigenvalue weighted by molar-refractivity contribution is 5.67. The van der Waals surface area contributed by atoms with Crippen molar-refractivity contribution < 1.29 is 37.7 Å². The minimum Gasteiger partial charge on any atom is -0.481 e. The number of carbonyl (C=O) groups is 1. The second-order valence-corrected chi connectivity index (χ2v) is 3.84. The first kappa shape index (κ1) is 15.4. The van der Waals surface area contributed by atoms with E-state index in [1.807, 2.05) is 0 Å². The molecule has 0 saturated carbocycles. The van der Waals surface area contributed by atoms with Crippen molar-refractivity contribution in [2.45, 2.75) is 24.8 Å². The van der Waals surface area contributed by atoms with Crippen LogP contribution in [0.4, 0.5) is 17.6 Å². The van der Waals surface area contributed by atoms with Crippen molar-refractivity contribution >= 4 is 5.97 Å². The summed E-state index contributed by atoms with van der Waals surface area (Å²) in [5.74, 6) is -2.64. The van der Waals surface area contributed by atoms with Gasteiger partial charge in [0.05, 0.1) is 18.1 Å². The summed E-state index contributed by atoms with van der Waals surface area (Å²) in [5.41, 5.74) is -2.01. The molecule has 0 saturated heterocycles. The van der Waals surface area contributed by atoms with Crippen molar-refractivity contribution in [2.75, 3.05) is 0 Å². The van der Waals surface area contributed by atoms with Crippen LogP contribution in [0.5, 0.6) is 0 Å². The molecule has 2 atom stereocenters. The molecule has 0 fully saturated rings. The largest absolute Gasteiger partial charge is 0.481 e. The Morgan fingerprint density at radius 2 is 1.84 bits per heavy atom. The number of hydrogen-bond donors (Lipinski definition) is 3. The van der Waals surface area contributed by atoms with Gasteiger partial charge in [-0.15, -0.1) is 0 Å². The lowest BCUT2D eigenvalue weighted by Crippen LogP contribution is -2.23. The summed E-state index contributed by atoms with van der Waals surface area (Å²) in [4.78, 5) is 10.3. The average molecular weight is 282 g/mol. The molecule has 0 amide bonds. The van der Waals surface area contributed by atoms with Gasteiger partial charge in [0, 0.05) is 5.56 Å². The van der Waals surface area contributed by atoms with Crippen molar-refractivity contribution in [3.05, 3.63) is 35.1 Å². The molecule has 8 heteroatoms. The molecule has 19 heavy (non-hydrogen) atoms. The predicted molar refractivity (Wildman–Crippen MR) is 54.6 cm³/mol. The maximum absolute atomic E-state index is 13.3. The molecule has 0 radical (unpaired) electrons. The first-order valence-corrected chi connectivity index (χ1v) is 5.07. The summed E-state index contributed by atoms with van der Waals surface area (Å²) in [6.07, 6.45) is -9.62. The standard InChI is InChI=1S/C11H10F4O4/c12-7-2-1-5(11(13,14)15)3-6(7)10(19)8(16)4-9(17)18/h1-3,8,10,16,19H,4H2,(H,17,18). The number of halogens is 4. The van der Waals surface area contributed by atoms with Crippen LogP contribution in [-0.2, 0) is 11.0 Å². The van der Waals surface area contributed by atoms with E-state index in [-0.39, 0.29) is 0 Å². The third kappa shape index (κ3) is 3.90. The molecule has 106 valence electrons. The molecule has 0 aliphatic carbocycles. The maximum atomic E-state index is 13.3. The highest BCUT2D eigenvalue weighted by Crippen LogP contribution is 2.32. The van der Waals surface area contributed by atoms with Crippen LogP contribution in [-0.4, -0.2) is 27.4 Å². The van der Waals surface area contributed by atoms with Gasteiger partial charge in [-0.25, -0.2) is 4.39 Å². The quantitative estimate of drug-likeness (QED) is 0.735. The second kappa shape index (κ2) is 5.54. The van der Waals surface area contributed by atoms with Gasteiger partial charge in [-0.3, -0.25) is 4.79 Å². The molecule has 4 nitrogen and oxygen atoms in total. The fraction of sp³-hybridized carbons (Fsp3) is 0.364. The van der Waals surface area contributed by atoms with E-state index >= 15 is 0 Å². The van der Waals surface area contributed by atoms with Crippen LogP contribution in [0.2, 0.25) is 0 Å². The molecule has 0 aromatic heterocycles. The number of carboxylic acid groups (broad SMARTS) is 1. The molecular formula is C11H10F4O4. The Morgan fingerprint density at radius 1 is 1.26 bits per heavy atom. The van der Waals surface area contributed by atoms with Crippen molar-refractivity contribution in [1.29, 1.82) is 0 Å². The van der Waals surface area contributed by atoms with Crippen molar-refractivity contribution in [1.82, 2.24) is 0 Å². The Balaban J connectivity index is 3.08. The molecule has 0 aliphatic heterocycles. The van der Waals surface area contributed by atoms with E-state index < -0.39 is 47.7 Å². The van der Waals surface area contributed by atoms with Crippen LogP contribution in [0.15, 0.2) is 18.2 Å². The van der Waals surface area contributed by atoms with Gasteiger partial charge >= 0.3 is 12.1 Å². The van der Waals surface area contributed by atoms with Gasteiger partial charge in [0.15, 0.2) is 0 Å². The molecule has 0 heterocycles. The summed E-state index contributed by atoms with van der Waals surface area (Å²) < 4.78 is 50.6. The van der Waals surface area contributed by atoms with E-state index in [0.717, 1.165) is 0 Å². The van der Waals surface area contributed by atoms with Crippen LogP contribution < -0.4 is 0 Å². The van der Waals surface area contributed by atoms with Crippen molar-refractivity contribution in [2.24, 2.45) is 0 Å². The van der Waals surface area contributed by atoms with Crippen molar-refractivity contribution in [3.8, 4) is 0 Å². The number of alkyl halides is 3. The minimum absolute atomic E-state index is 0.338.